The summed E-state index contributed by atoms with van der Waals surface area (Å²) in [4.78, 5) is 4.53. The summed E-state index contributed by atoms with van der Waals surface area (Å²) in [6, 6.07) is 13.3. The van der Waals surface area contributed by atoms with E-state index in [1.165, 1.54) is 0 Å². The van der Waals surface area contributed by atoms with Gasteiger partial charge in [0.2, 0.25) is 0 Å². The quantitative estimate of drug-likeness (QED) is 0.598. The molecule has 1 unspecified atom stereocenters. The molecule has 0 fully saturated rings. The van der Waals surface area contributed by atoms with Gasteiger partial charge in [-0.15, -0.1) is 0 Å². The van der Waals surface area contributed by atoms with Gasteiger partial charge in [0.15, 0.2) is 11.5 Å². The van der Waals surface area contributed by atoms with E-state index in [1.807, 2.05) is 36.4 Å². The molecule has 3 rings (SSSR count). The van der Waals surface area contributed by atoms with Gasteiger partial charge in [-0.05, 0) is 24.3 Å². The third kappa shape index (κ3) is 3.06. The number of alkyl halides is 1. The summed E-state index contributed by atoms with van der Waals surface area (Å²) in [6.07, 6.45) is 0.632. The highest BCUT2D eigenvalue weighted by atomic mass is 79.9. The van der Waals surface area contributed by atoms with Gasteiger partial charge in [0.05, 0.1) is 11.9 Å². The van der Waals surface area contributed by atoms with Gasteiger partial charge in [0, 0.05) is 17.0 Å². The minimum atomic E-state index is 0.0396. The summed E-state index contributed by atoms with van der Waals surface area (Å²) >= 11 is 9.66. The van der Waals surface area contributed by atoms with E-state index < -0.39 is 0 Å². The van der Waals surface area contributed by atoms with Gasteiger partial charge in [-0.2, -0.15) is 0 Å². The molecule has 0 bridgehead atoms. The van der Waals surface area contributed by atoms with Crippen molar-refractivity contribution in [2.75, 3.05) is 7.11 Å². The monoisotopic (exact) mass is 365 g/mol. The number of benzene rings is 2. The van der Waals surface area contributed by atoms with E-state index in [0.717, 1.165) is 22.4 Å². The van der Waals surface area contributed by atoms with E-state index in [-0.39, 0.29) is 4.83 Å². The third-order valence-electron chi connectivity index (χ3n) is 3.22. The average Bonchev–Trinajstić information content (AvgIpc) is 2.88. The van der Waals surface area contributed by atoms with Gasteiger partial charge in [0.1, 0.15) is 11.3 Å². The summed E-state index contributed by atoms with van der Waals surface area (Å²) in [5.41, 5.74) is 2.69. The summed E-state index contributed by atoms with van der Waals surface area (Å²) in [5.74, 6) is 1.44. The fourth-order valence-corrected chi connectivity index (χ4v) is 3.03. The van der Waals surface area contributed by atoms with Crippen molar-refractivity contribution in [3.8, 4) is 5.75 Å². The van der Waals surface area contributed by atoms with Crippen molar-refractivity contribution in [2.45, 2.75) is 11.2 Å². The molecule has 0 aliphatic heterocycles. The molecule has 1 heterocycles. The Balaban J connectivity index is 1.87. The van der Waals surface area contributed by atoms with Crippen LogP contribution in [0.1, 0.15) is 16.3 Å². The fourth-order valence-electron chi connectivity index (χ4n) is 2.21. The first kappa shape index (κ1) is 14.4. The van der Waals surface area contributed by atoms with Crippen molar-refractivity contribution < 1.29 is 9.15 Å². The second-order valence-corrected chi connectivity index (χ2v) is 6.18. The Hall–Kier alpha value is -1.52. The number of hydrogen-bond acceptors (Lipinski definition) is 3. The van der Waals surface area contributed by atoms with E-state index in [0.29, 0.717) is 17.3 Å². The molecule has 1 atom stereocenters. The molecule has 2 aromatic carbocycles. The molecule has 0 spiro atoms. The molecule has 0 radical (unpaired) electrons. The summed E-state index contributed by atoms with van der Waals surface area (Å²) < 4.78 is 11.1. The number of para-hydroxylation sites is 2. The predicted molar refractivity (Wildman–Crippen MR) is 87.4 cm³/mol. The van der Waals surface area contributed by atoms with Crippen molar-refractivity contribution in [2.24, 2.45) is 0 Å². The Labute approximate surface area is 136 Å². The molecule has 3 nitrogen and oxygen atoms in total. The molecular formula is C16H13BrClNO2. The normalized spacial score (nSPS) is 12.5. The smallest absolute Gasteiger partial charge is 0.196 e. The maximum Gasteiger partial charge on any atom is 0.196 e. The maximum absolute atomic E-state index is 5.99. The molecular weight excluding hydrogens is 354 g/mol. The van der Waals surface area contributed by atoms with Crippen LogP contribution < -0.4 is 4.74 Å². The first-order valence-corrected chi connectivity index (χ1v) is 7.78. The van der Waals surface area contributed by atoms with Crippen LogP contribution in [0.2, 0.25) is 5.02 Å². The fraction of sp³-hybridized carbons (Fsp3) is 0.188. The van der Waals surface area contributed by atoms with Gasteiger partial charge in [-0.1, -0.05) is 45.7 Å². The lowest BCUT2D eigenvalue weighted by Crippen LogP contribution is -1.99. The summed E-state index contributed by atoms with van der Waals surface area (Å²) in [7, 11) is 1.63. The molecule has 1 aromatic heterocycles. The van der Waals surface area contributed by atoms with Gasteiger partial charge in [-0.25, -0.2) is 4.98 Å². The van der Waals surface area contributed by atoms with Crippen LogP contribution in [0, 0.1) is 0 Å². The number of halogens is 2. The standard InChI is InChI=1S/C16H13BrClNO2/c1-20-15-8-10(18)6-7-11(15)12(17)9-16-19-13-4-2-3-5-14(13)21-16/h2-8,12H,9H2,1H3. The van der Waals surface area contributed by atoms with Gasteiger partial charge >= 0.3 is 0 Å². The van der Waals surface area contributed by atoms with Crippen LogP contribution in [-0.2, 0) is 6.42 Å². The summed E-state index contributed by atoms with van der Waals surface area (Å²) in [6.45, 7) is 0. The lowest BCUT2D eigenvalue weighted by Gasteiger charge is -2.13. The molecule has 0 amide bonds. The second kappa shape index (κ2) is 6.08. The second-order valence-electron chi connectivity index (χ2n) is 4.63. The van der Waals surface area contributed by atoms with Gasteiger partial charge in [-0.3, -0.25) is 0 Å². The lowest BCUT2D eigenvalue weighted by atomic mass is 10.1. The highest BCUT2D eigenvalue weighted by Crippen LogP contribution is 2.35. The number of fused-ring (bicyclic) bond motifs is 1. The minimum absolute atomic E-state index is 0.0396. The molecule has 108 valence electrons. The van der Waals surface area contributed by atoms with Crippen LogP contribution in [0.3, 0.4) is 0 Å². The molecule has 0 saturated carbocycles. The van der Waals surface area contributed by atoms with Gasteiger partial charge < -0.3 is 9.15 Å². The van der Waals surface area contributed by atoms with Crippen LogP contribution in [0.5, 0.6) is 5.75 Å². The van der Waals surface area contributed by atoms with Gasteiger partial charge in [0.25, 0.3) is 0 Å². The molecule has 0 N–H and O–H groups in total. The molecule has 0 aliphatic rings. The van der Waals surface area contributed by atoms with Crippen molar-refractivity contribution in [1.29, 1.82) is 0 Å². The van der Waals surface area contributed by atoms with Crippen molar-refractivity contribution in [3.05, 3.63) is 58.9 Å². The van der Waals surface area contributed by atoms with E-state index in [9.17, 15) is 0 Å². The van der Waals surface area contributed by atoms with Crippen molar-refractivity contribution in [3.63, 3.8) is 0 Å². The molecule has 3 aromatic rings. The number of nitrogens with zero attached hydrogens (tertiary/aromatic N) is 1. The predicted octanol–water partition coefficient (Wildman–Crippen LogP) is 5.17. The first-order chi connectivity index (χ1) is 10.2. The molecule has 0 aliphatic carbocycles. The zero-order valence-electron chi connectivity index (χ0n) is 11.3. The largest absolute Gasteiger partial charge is 0.496 e. The first-order valence-electron chi connectivity index (χ1n) is 6.49. The summed E-state index contributed by atoms with van der Waals surface area (Å²) in [5, 5.41) is 0.650. The van der Waals surface area contributed by atoms with Crippen LogP contribution >= 0.6 is 27.5 Å². The molecule has 21 heavy (non-hydrogen) atoms. The Morgan fingerprint density at radius 3 is 2.86 bits per heavy atom. The van der Waals surface area contributed by atoms with E-state index in [4.69, 9.17) is 20.8 Å². The number of rotatable bonds is 4. The van der Waals surface area contributed by atoms with E-state index in [2.05, 4.69) is 20.9 Å². The van der Waals surface area contributed by atoms with Crippen LogP contribution in [-0.4, -0.2) is 12.1 Å². The Bertz CT molecular complexity index is 739. The van der Waals surface area contributed by atoms with Crippen LogP contribution in [0.15, 0.2) is 46.9 Å². The minimum Gasteiger partial charge on any atom is -0.496 e. The number of methoxy groups -OCH3 is 1. The highest BCUT2D eigenvalue weighted by molar-refractivity contribution is 9.09. The number of oxazole rings is 1. The molecule has 5 heteroatoms. The van der Waals surface area contributed by atoms with Crippen molar-refractivity contribution in [1.82, 2.24) is 4.98 Å². The zero-order valence-corrected chi connectivity index (χ0v) is 13.7. The topological polar surface area (TPSA) is 35.3 Å². The Morgan fingerprint density at radius 2 is 2.10 bits per heavy atom. The van der Waals surface area contributed by atoms with E-state index >= 15 is 0 Å². The highest BCUT2D eigenvalue weighted by Gasteiger charge is 2.17. The Morgan fingerprint density at radius 1 is 1.29 bits per heavy atom. The average molecular weight is 367 g/mol. The van der Waals surface area contributed by atoms with Crippen LogP contribution in [0.25, 0.3) is 11.1 Å². The van der Waals surface area contributed by atoms with Crippen molar-refractivity contribution >= 4 is 38.6 Å². The number of hydrogen-bond donors (Lipinski definition) is 0. The Kier molecular flexibility index (Phi) is 4.17. The SMILES string of the molecule is COc1cc(Cl)ccc1C(Br)Cc1nc2ccccc2o1. The zero-order chi connectivity index (χ0) is 14.8. The third-order valence-corrected chi connectivity index (χ3v) is 4.28. The number of ether oxygens (including phenoxy) is 1. The number of aromatic nitrogens is 1. The van der Waals surface area contributed by atoms with Crippen LogP contribution in [0.4, 0.5) is 0 Å². The van der Waals surface area contributed by atoms with E-state index in [1.54, 1.807) is 13.2 Å². The lowest BCUT2D eigenvalue weighted by molar-refractivity contribution is 0.408. The maximum atomic E-state index is 5.99. The molecule has 0 saturated heterocycles.